The Hall–Kier alpha value is -2.95. The highest BCUT2D eigenvalue weighted by Gasteiger charge is 2.24. The number of ether oxygens (including phenoxy) is 1. The van der Waals surface area contributed by atoms with E-state index in [-0.39, 0.29) is 24.2 Å². The average molecular weight is 469 g/mol. The molecule has 0 aliphatic carbocycles. The summed E-state index contributed by atoms with van der Waals surface area (Å²) in [5.41, 5.74) is 6.51. The third-order valence-electron chi connectivity index (χ3n) is 3.79. The summed E-state index contributed by atoms with van der Waals surface area (Å²) in [5, 5.41) is 24.3. The molecule has 0 saturated carbocycles. The molecule has 1 aromatic carbocycles. The van der Waals surface area contributed by atoms with Crippen LogP contribution in [0.5, 0.6) is 0 Å². The van der Waals surface area contributed by atoms with Crippen LogP contribution in [0.3, 0.4) is 0 Å². The van der Waals surface area contributed by atoms with E-state index in [0.29, 0.717) is 0 Å². The van der Waals surface area contributed by atoms with Crippen molar-refractivity contribution in [3.05, 3.63) is 47.9 Å². The number of benzene rings is 1. The number of nitrogens with two attached hydrogens (primary N) is 1. The Labute approximate surface area is 196 Å². The van der Waals surface area contributed by atoms with Gasteiger partial charge in [0.1, 0.15) is 12.4 Å². The highest BCUT2D eigenvalue weighted by atomic mass is 16.5. The zero-order valence-electron chi connectivity index (χ0n) is 20.7. The van der Waals surface area contributed by atoms with Crippen molar-refractivity contribution in [1.82, 2.24) is 15.6 Å². The van der Waals surface area contributed by atoms with Crippen LogP contribution in [0, 0.1) is 6.92 Å². The van der Waals surface area contributed by atoms with Crippen LogP contribution in [-0.2, 0) is 9.53 Å². The number of hydrogen-bond donors (Lipinski definition) is 5. The molecule has 10 nitrogen and oxygen atoms in total. The molecule has 2 amide bonds. The number of aryl methyl sites for hydroxylation is 1. The first-order valence-corrected chi connectivity index (χ1v) is 10.7. The van der Waals surface area contributed by atoms with Gasteiger partial charge in [-0.05, 0) is 20.8 Å². The molecule has 0 spiro atoms. The van der Waals surface area contributed by atoms with Gasteiger partial charge in [-0.25, -0.2) is 0 Å². The molecule has 3 unspecified atom stereocenters. The van der Waals surface area contributed by atoms with Crippen LogP contribution in [0.4, 0.5) is 6.01 Å². The van der Waals surface area contributed by atoms with Crippen LogP contribution in [0.15, 0.2) is 41.0 Å². The van der Waals surface area contributed by atoms with E-state index in [1.807, 2.05) is 39.0 Å². The van der Waals surface area contributed by atoms with Gasteiger partial charge in [-0.2, -0.15) is 4.98 Å². The SMILES string of the molecule is CC.CC(=O)NC(C)C(O)C(O)CNC(=O)c1coc(N)n1.CCOC.Cc1ccccc1. The van der Waals surface area contributed by atoms with Crippen molar-refractivity contribution in [2.75, 3.05) is 26.0 Å². The van der Waals surface area contributed by atoms with Gasteiger partial charge in [-0.1, -0.05) is 49.7 Å². The van der Waals surface area contributed by atoms with Crippen LogP contribution >= 0.6 is 0 Å². The van der Waals surface area contributed by atoms with E-state index in [1.165, 1.54) is 19.4 Å². The lowest BCUT2D eigenvalue weighted by atomic mass is 10.1. The van der Waals surface area contributed by atoms with Gasteiger partial charge in [0.25, 0.3) is 11.9 Å². The highest BCUT2D eigenvalue weighted by Crippen LogP contribution is 2.03. The minimum Gasteiger partial charge on any atom is -0.431 e. The van der Waals surface area contributed by atoms with Gasteiger partial charge in [-0.3, -0.25) is 9.59 Å². The molecule has 10 heteroatoms. The first-order chi connectivity index (χ1) is 15.6. The molecule has 0 aliphatic heterocycles. The van der Waals surface area contributed by atoms with E-state index >= 15 is 0 Å². The normalized spacial score (nSPS) is 12.2. The van der Waals surface area contributed by atoms with Gasteiger partial charge >= 0.3 is 0 Å². The Morgan fingerprint density at radius 2 is 1.76 bits per heavy atom. The molecule has 3 atom stereocenters. The molecule has 2 aromatic rings. The summed E-state index contributed by atoms with van der Waals surface area (Å²) in [7, 11) is 1.68. The third-order valence-corrected chi connectivity index (χ3v) is 3.79. The fourth-order valence-electron chi connectivity index (χ4n) is 2.07. The Morgan fingerprint density at radius 1 is 1.21 bits per heavy atom. The number of nitrogen functional groups attached to an aromatic ring is 1. The van der Waals surface area contributed by atoms with Crippen molar-refractivity contribution in [3.63, 3.8) is 0 Å². The van der Waals surface area contributed by atoms with Gasteiger partial charge in [0.2, 0.25) is 5.91 Å². The zero-order chi connectivity index (χ0) is 25.8. The molecule has 0 bridgehead atoms. The monoisotopic (exact) mass is 468 g/mol. The van der Waals surface area contributed by atoms with E-state index in [9.17, 15) is 19.8 Å². The number of aliphatic hydroxyl groups is 2. The fourth-order valence-corrected chi connectivity index (χ4v) is 2.07. The van der Waals surface area contributed by atoms with Crippen molar-refractivity contribution in [3.8, 4) is 0 Å². The van der Waals surface area contributed by atoms with E-state index in [1.54, 1.807) is 7.11 Å². The van der Waals surface area contributed by atoms with Gasteiger partial charge in [0.05, 0.1) is 12.1 Å². The summed E-state index contributed by atoms with van der Waals surface area (Å²) in [4.78, 5) is 26.0. The Bertz CT molecular complexity index is 752. The molecule has 0 aliphatic rings. The van der Waals surface area contributed by atoms with Crippen molar-refractivity contribution in [1.29, 1.82) is 0 Å². The molecule has 1 aromatic heterocycles. The Kier molecular flexibility index (Phi) is 19.3. The standard InChI is InChI=1S/C11H18N4O5.C7H8.C3H8O.C2H6/c1-5(14-6(2)16)9(18)8(17)3-13-10(19)7-4-20-11(12)15-7;1-7-5-3-2-4-6-7;1-3-4-2;1-2/h4-5,8-9,17-18H,3H2,1-2H3,(H2,12,15)(H,13,19)(H,14,16);2-6H,1H3;3H2,1-2H3;1-2H3. The maximum atomic E-state index is 11.6. The Morgan fingerprint density at radius 3 is 2.12 bits per heavy atom. The summed E-state index contributed by atoms with van der Waals surface area (Å²) in [6, 6.07) is 9.47. The lowest BCUT2D eigenvalue weighted by Gasteiger charge is -2.24. The molecule has 0 saturated heterocycles. The lowest BCUT2D eigenvalue weighted by molar-refractivity contribution is -0.121. The first kappa shape index (κ1) is 32.2. The van der Waals surface area contributed by atoms with E-state index in [2.05, 4.69) is 43.8 Å². The number of oxazole rings is 1. The largest absolute Gasteiger partial charge is 0.431 e. The van der Waals surface area contributed by atoms with Gasteiger partial charge in [-0.15, -0.1) is 0 Å². The second-order valence-corrected chi connectivity index (χ2v) is 6.56. The Balaban J connectivity index is 0. The van der Waals surface area contributed by atoms with E-state index in [0.717, 1.165) is 12.9 Å². The first-order valence-electron chi connectivity index (χ1n) is 10.7. The fraction of sp³-hybridized carbons (Fsp3) is 0.522. The van der Waals surface area contributed by atoms with Crippen LogP contribution in [-0.4, -0.2) is 65.5 Å². The van der Waals surface area contributed by atoms with Crippen LogP contribution in [0.25, 0.3) is 0 Å². The van der Waals surface area contributed by atoms with Crippen LogP contribution < -0.4 is 16.4 Å². The smallest absolute Gasteiger partial charge is 0.292 e. The minimum atomic E-state index is -1.25. The predicted molar refractivity (Wildman–Crippen MR) is 129 cm³/mol. The number of carbonyl (C=O) groups is 2. The summed E-state index contributed by atoms with van der Waals surface area (Å²) in [6.07, 6.45) is -1.39. The summed E-state index contributed by atoms with van der Waals surface area (Å²) >= 11 is 0. The summed E-state index contributed by atoms with van der Waals surface area (Å²) in [5.74, 6) is -0.922. The maximum absolute atomic E-state index is 11.6. The molecule has 1 heterocycles. The van der Waals surface area contributed by atoms with Gasteiger partial charge in [0.15, 0.2) is 5.69 Å². The molecular weight excluding hydrogens is 428 g/mol. The van der Waals surface area contributed by atoms with Crippen LogP contribution in [0.2, 0.25) is 0 Å². The average Bonchev–Trinajstić information content (AvgIpc) is 3.25. The highest BCUT2D eigenvalue weighted by molar-refractivity contribution is 5.92. The number of amides is 2. The number of anilines is 1. The number of aromatic nitrogens is 1. The van der Waals surface area contributed by atoms with Gasteiger partial charge in [0, 0.05) is 27.2 Å². The predicted octanol–water partition coefficient (Wildman–Crippen LogP) is 1.91. The number of carbonyl (C=O) groups excluding carboxylic acids is 2. The number of aliphatic hydroxyl groups excluding tert-OH is 2. The van der Waals surface area contributed by atoms with Crippen molar-refractivity contribution >= 4 is 17.8 Å². The molecule has 188 valence electrons. The minimum absolute atomic E-state index is 0.0286. The summed E-state index contributed by atoms with van der Waals surface area (Å²) in [6.45, 7) is 11.5. The second kappa shape index (κ2) is 19.7. The number of hydrogen-bond acceptors (Lipinski definition) is 8. The molecule has 0 radical (unpaired) electrons. The van der Waals surface area contributed by atoms with E-state index < -0.39 is 24.2 Å². The van der Waals surface area contributed by atoms with Crippen molar-refractivity contribution in [2.45, 2.75) is 59.8 Å². The van der Waals surface area contributed by atoms with E-state index in [4.69, 9.17) is 5.73 Å². The molecule has 33 heavy (non-hydrogen) atoms. The number of nitrogens with zero attached hydrogens (tertiary/aromatic N) is 1. The van der Waals surface area contributed by atoms with Crippen LogP contribution in [0.1, 0.15) is 50.7 Å². The van der Waals surface area contributed by atoms with Crippen molar-refractivity contribution in [2.24, 2.45) is 0 Å². The number of rotatable bonds is 7. The second-order valence-electron chi connectivity index (χ2n) is 6.56. The van der Waals surface area contributed by atoms with Crippen molar-refractivity contribution < 1.29 is 29.0 Å². The molecule has 6 N–H and O–H groups in total. The quantitative estimate of drug-likeness (QED) is 0.412. The number of methoxy groups -OCH3 is 1. The van der Waals surface area contributed by atoms with Gasteiger partial charge < -0.3 is 35.7 Å². The summed E-state index contributed by atoms with van der Waals surface area (Å²) < 4.78 is 9.21. The number of nitrogens with one attached hydrogen (secondary N) is 2. The maximum Gasteiger partial charge on any atom is 0.292 e. The lowest BCUT2D eigenvalue weighted by Crippen LogP contribution is -2.49. The zero-order valence-corrected chi connectivity index (χ0v) is 20.7. The topological polar surface area (TPSA) is 160 Å². The molecular formula is C23H40N4O6. The molecule has 2 rings (SSSR count). The molecule has 0 fully saturated rings. The third kappa shape index (κ3) is 16.4.